The van der Waals surface area contributed by atoms with Crippen LogP contribution in [0.15, 0.2) is 29.3 Å². The van der Waals surface area contributed by atoms with Gasteiger partial charge in [-0.3, -0.25) is 4.79 Å². The molecule has 1 amide bonds. The normalized spacial score (nSPS) is 19.8. The molecule has 7 nitrogen and oxygen atoms in total. The Morgan fingerprint density at radius 2 is 1.93 bits per heavy atom. The number of fused-ring (bicyclic) bond motifs is 1. The predicted molar refractivity (Wildman–Crippen MR) is 110 cm³/mol. The number of nitrogens with one attached hydrogen (secondary N) is 3. The van der Waals surface area contributed by atoms with Crippen molar-refractivity contribution in [3.8, 4) is 11.5 Å². The van der Waals surface area contributed by atoms with Crippen molar-refractivity contribution in [1.29, 1.82) is 0 Å². The van der Waals surface area contributed by atoms with Crippen molar-refractivity contribution < 1.29 is 14.3 Å². The van der Waals surface area contributed by atoms with Crippen LogP contribution in [-0.2, 0) is 4.79 Å². The van der Waals surface area contributed by atoms with E-state index in [4.69, 9.17) is 9.47 Å². The van der Waals surface area contributed by atoms with E-state index in [0.717, 1.165) is 30.9 Å². The van der Waals surface area contributed by atoms with E-state index in [1.54, 1.807) is 0 Å². The van der Waals surface area contributed by atoms with E-state index in [-0.39, 0.29) is 12.0 Å². The lowest BCUT2D eigenvalue weighted by Crippen LogP contribution is -2.42. The van der Waals surface area contributed by atoms with E-state index >= 15 is 0 Å². The van der Waals surface area contributed by atoms with Crippen LogP contribution in [0.5, 0.6) is 11.5 Å². The predicted octanol–water partition coefficient (Wildman–Crippen LogP) is 2.22. The molecule has 3 rings (SSSR count). The SMILES string of the molecule is CCNC(=NCC1COc2ccccc2O1)NCCC(=O)NC1CCCCC1. The number of hydrogen-bond acceptors (Lipinski definition) is 4. The van der Waals surface area contributed by atoms with Crippen LogP contribution in [0.25, 0.3) is 0 Å². The van der Waals surface area contributed by atoms with Crippen LogP contribution >= 0.6 is 0 Å². The molecular formula is C21H32N4O3. The first-order valence-corrected chi connectivity index (χ1v) is 10.4. The van der Waals surface area contributed by atoms with Gasteiger partial charge in [-0.2, -0.15) is 0 Å². The number of aliphatic imine (C=N–C) groups is 1. The number of ether oxygens (including phenoxy) is 2. The smallest absolute Gasteiger partial charge is 0.221 e. The number of guanidine groups is 1. The van der Waals surface area contributed by atoms with Gasteiger partial charge in [0, 0.05) is 25.6 Å². The third kappa shape index (κ3) is 6.32. The molecule has 1 aromatic rings. The summed E-state index contributed by atoms with van der Waals surface area (Å²) in [4.78, 5) is 16.7. The monoisotopic (exact) mass is 388 g/mol. The Kier molecular flexibility index (Phi) is 7.82. The van der Waals surface area contributed by atoms with E-state index in [9.17, 15) is 4.79 Å². The second-order valence-corrected chi connectivity index (χ2v) is 7.30. The fourth-order valence-corrected chi connectivity index (χ4v) is 3.53. The fraction of sp³-hybridized carbons (Fsp3) is 0.619. The highest BCUT2D eigenvalue weighted by molar-refractivity contribution is 5.81. The maximum Gasteiger partial charge on any atom is 0.221 e. The first kappa shape index (κ1) is 20.3. The van der Waals surface area contributed by atoms with Gasteiger partial charge >= 0.3 is 0 Å². The zero-order valence-electron chi connectivity index (χ0n) is 16.7. The van der Waals surface area contributed by atoms with Crippen molar-refractivity contribution in [2.45, 2.75) is 57.6 Å². The highest BCUT2D eigenvalue weighted by Crippen LogP contribution is 2.30. The average molecular weight is 389 g/mol. The maximum atomic E-state index is 12.1. The number of carbonyl (C=O) groups is 1. The fourth-order valence-electron chi connectivity index (χ4n) is 3.53. The summed E-state index contributed by atoms with van der Waals surface area (Å²) >= 11 is 0. The van der Waals surface area contributed by atoms with Crippen LogP contribution in [0.1, 0.15) is 45.4 Å². The molecular weight excluding hydrogens is 356 g/mol. The molecule has 1 fully saturated rings. The highest BCUT2D eigenvalue weighted by Gasteiger charge is 2.20. The van der Waals surface area contributed by atoms with Crippen LogP contribution in [0.4, 0.5) is 0 Å². The molecule has 0 radical (unpaired) electrons. The van der Waals surface area contributed by atoms with E-state index in [1.165, 1.54) is 19.3 Å². The molecule has 28 heavy (non-hydrogen) atoms. The second-order valence-electron chi connectivity index (χ2n) is 7.30. The molecule has 154 valence electrons. The van der Waals surface area contributed by atoms with Crippen molar-refractivity contribution in [2.24, 2.45) is 4.99 Å². The minimum atomic E-state index is -0.125. The first-order chi connectivity index (χ1) is 13.7. The van der Waals surface area contributed by atoms with Crippen LogP contribution in [-0.4, -0.2) is 50.3 Å². The summed E-state index contributed by atoms with van der Waals surface area (Å²) in [5.41, 5.74) is 0. The summed E-state index contributed by atoms with van der Waals surface area (Å²) in [7, 11) is 0. The van der Waals surface area contributed by atoms with Crippen LogP contribution in [0.2, 0.25) is 0 Å². The summed E-state index contributed by atoms with van der Waals surface area (Å²) < 4.78 is 11.7. The van der Waals surface area contributed by atoms with Gasteiger partial charge in [-0.1, -0.05) is 31.4 Å². The van der Waals surface area contributed by atoms with Crippen LogP contribution in [0.3, 0.4) is 0 Å². The molecule has 1 aliphatic heterocycles. The molecule has 1 heterocycles. The second kappa shape index (κ2) is 10.8. The minimum Gasteiger partial charge on any atom is -0.486 e. The molecule has 0 aromatic heterocycles. The van der Waals surface area contributed by atoms with Gasteiger partial charge in [0.15, 0.2) is 23.6 Å². The van der Waals surface area contributed by atoms with Gasteiger partial charge in [0.1, 0.15) is 6.61 Å². The number of nitrogens with zero attached hydrogens (tertiary/aromatic N) is 1. The Balaban J connectivity index is 1.41. The number of hydrogen-bond donors (Lipinski definition) is 3. The summed E-state index contributed by atoms with van der Waals surface area (Å²) in [6.07, 6.45) is 6.26. The third-order valence-electron chi connectivity index (χ3n) is 4.98. The van der Waals surface area contributed by atoms with Gasteiger partial charge in [0.2, 0.25) is 5.91 Å². The summed E-state index contributed by atoms with van der Waals surface area (Å²) in [6, 6.07) is 8.02. The number of para-hydroxylation sites is 2. The van der Waals surface area contributed by atoms with Gasteiger partial charge in [0.05, 0.1) is 6.54 Å². The molecule has 1 unspecified atom stereocenters. The number of benzene rings is 1. The summed E-state index contributed by atoms with van der Waals surface area (Å²) in [6.45, 7) is 4.28. The first-order valence-electron chi connectivity index (χ1n) is 10.4. The minimum absolute atomic E-state index is 0.107. The molecule has 2 aliphatic rings. The lowest BCUT2D eigenvalue weighted by molar-refractivity contribution is -0.121. The molecule has 1 atom stereocenters. The van der Waals surface area contributed by atoms with Crippen LogP contribution < -0.4 is 25.4 Å². The lowest BCUT2D eigenvalue weighted by atomic mass is 9.95. The number of amides is 1. The highest BCUT2D eigenvalue weighted by atomic mass is 16.6. The van der Waals surface area contributed by atoms with E-state index < -0.39 is 0 Å². The lowest BCUT2D eigenvalue weighted by Gasteiger charge is -2.25. The quantitative estimate of drug-likeness (QED) is 0.493. The topological polar surface area (TPSA) is 84.0 Å². The zero-order valence-corrected chi connectivity index (χ0v) is 16.7. The maximum absolute atomic E-state index is 12.1. The number of rotatable bonds is 7. The van der Waals surface area contributed by atoms with E-state index in [1.807, 2.05) is 31.2 Å². The van der Waals surface area contributed by atoms with Gasteiger partial charge in [-0.15, -0.1) is 0 Å². The average Bonchev–Trinajstić information content (AvgIpc) is 2.72. The van der Waals surface area contributed by atoms with E-state index in [0.29, 0.717) is 38.1 Å². The van der Waals surface area contributed by atoms with Gasteiger partial charge < -0.3 is 25.4 Å². The van der Waals surface area contributed by atoms with Crippen molar-refractivity contribution in [2.75, 3.05) is 26.2 Å². The molecule has 3 N–H and O–H groups in total. The van der Waals surface area contributed by atoms with Crippen molar-refractivity contribution in [3.05, 3.63) is 24.3 Å². The van der Waals surface area contributed by atoms with Crippen molar-refractivity contribution >= 4 is 11.9 Å². The molecule has 0 bridgehead atoms. The van der Waals surface area contributed by atoms with Crippen molar-refractivity contribution in [3.63, 3.8) is 0 Å². The Bertz CT molecular complexity index is 659. The molecule has 1 aromatic carbocycles. The van der Waals surface area contributed by atoms with Crippen molar-refractivity contribution in [1.82, 2.24) is 16.0 Å². The van der Waals surface area contributed by atoms with Gasteiger partial charge in [0.25, 0.3) is 0 Å². The molecule has 0 spiro atoms. The molecule has 1 aliphatic carbocycles. The largest absolute Gasteiger partial charge is 0.486 e. The zero-order chi connectivity index (χ0) is 19.6. The standard InChI is InChI=1S/C21H32N4O3/c1-2-22-21(23-13-12-20(26)25-16-8-4-3-5-9-16)24-14-17-15-27-18-10-6-7-11-19(18)28-17/h6-7,10-11,16-17H,2-5,8-9,12-15H2,1H3,(H,25,26)(H2,22,23,24). The Labute approximate surface area is 167 Å². The van der Waals surface area contributed by atoms with Gasteiger partial charge in [-0.05, 0) is 31.9 Å². The third-order valence-corrected chi connectivity index (χ3v) is 4.98. The summed E-state index contributed by atoms with van der Waals surface area (Å²) in [5.74, 6) is 2.33. The molecule has 1 saturated carbocycles. The van der Waals surface area contributed by atoms with Gasteiger partial charge in [-0.25, -0.2) is 4.99 Å². The van der Waals surface area contributed by atoms with Crippen LogP contribution in [0, 0.1) is 0 Å². The Hall–Kier alpha value is -2.44. The van der Waals surface area contributed by atoms with E-state index in [2.05, 4.69) is 20.9 Å². The number of carbonyl (C=O) groups excluding carboxylic acids is 1. The molecule has 0 saturated heterocycles. The Morgan fingerprint density at radius 1 is 1.14 bits per heavy atom. The molecule has 7 heteroatoms. The Morgan fingerprint density at radius 3 is 2.71 bits per heavy atom. The summed E-state index contributed by atoms with van der Waals surface area (Å²) in [5, 5.41) is 9.58.